The first kappa shape index (κ1) is 14.0. The minimum absolute atomic E-state index is 0.00556. The van der Waals surface area contributed by atoms with Crippen LogP contribution in [-0.4, -0.2) is 32.0 Å². The third-order valence-corrected chi connectivity index (χ3v) is 4.80. The van der Waals surface area contributed by atoms with Crippen molar-refractivity contribution in [1.82, 2.24) is 0 Å². The molecule has 2 saturated heterocycles. The number of ether oxygens (including phenoxy) is 2. The van der Waals surface area contributed by atoms with E-state index < -0.39 is 0 Å². The first-order chi connectivity index (χ1) is 9.68. The summed E-state index contributed by atoms with van der Waals surface area (Å²) in [5, 5.41) is 0. The minimum atomic E-state index is -0.192. The highest BCUT2D eigenvalue weighted by molar-refractivity contribution is 5.28. The maximum Gasteiger partial charge on any atom is 0.123 e. The topological polar surface area (TPSA) is 44.5 Å². The molecule has 1 aromatic rings. The van der Waals surface area contributed by atoms with Crippen LogP contribution in [0.25, 0.3) is 0 Å². The van der Waals surface area contributed by atoms with E-state index in [1.54, 1.807) is 12.1 Å². The number of nitrogens with two attached hydrogens (primary N) is 1. The molecule has 3 nitrogen and oxygen atoms in total. The molecule has 4 heteroatoms. The molecule has 2 atom stereocenters. The highest BCUT2D eigenvalue weighted by atomic mass is 19.1. The normalized spacial score (nSPS) is 33.7. The molecule has 1 aromatic carbocycles. The van der Waals surface area contributed by atoms with Crippen LogP contribution in [0.1, 0.15) is 31.2 Å². The molecule has 20 heavy (non-hydrogen) atoms. The quantitative estimate of drug-likeness (QED) is 0.924. The average molecular weight is 279 g/mol. The van der Waals surface area contributed by atoms with Gasteiger partial charge in [-0.05, 0) is 43.5 Å². The minimum Gasteiger partial charge on any atom is -0.378 e. The zero-order chi connectivity index (χ0) is 14.1. The van der Waals surface area contributed by atoms with Gasteiger partial charge in [-0.3, -0.25) is 0 Å². The molecule has 0 aromatic heterocycles. The van der Waals surface area contributed by atoms with Crippen molar-refractivity contribution in [3.8, 4) is 0 Å². The second-order valence-electron chi connectivity index (χ2n) is 6.09. The van der Waals surface area contributed by atoms with Gasteiger partial charge in [0.1, 0.15) is 5.82 Å². The molecule has 0 bridgehead atoms. The van der Waals surface area contributed by atoms with Crippen LogP contribution < -0.4 is 5.73 Å². The zero-order valence-corrected chi connectivity index (χ0v) is 11.7. The van der Waals surface area contributed by atoms with Gasteiger partial charge in [0.05, 0.1) is 12.2 Å². The fourth-order valence-electron chi connectivity index (χ4n) is 3.74. The van der Waals surface area contributed by atoms with Crippen molar-refractivity contribution in [1.29, 1.82) is 0 Å². The highest BCUT2D eigenvalue weighted by Gasteiger charge is 2.48. The largest absolute Gasteiger partial charge is 0.378 e. The SMILES string of the molecule is NCCC1(c2ccc(F)cc2)CCOC2(CCOC2)C1. The molecule has 2 aliphatic rings. The molecular formula is C16H22FNO2. The Morgan fingerprint density at radius 1 is 1.15 bits per heavy atom. The lowest BCUT2D eigenvalue weighted by atomic mass is 9.66. The van der Waals surface area contributed by atoms with Gasteiger partial charge in [-0.15, -0.1) is 0 Å². The predicted octanol–water partition coefficient (Wildman–Crippen LogP) is 2.38. The van der Waals surface area contributed by atoms with Crippen LogP contribution in [0.2, 0.25) is 0 Å². The fraction of sp³-hybridized carbons (Fsp3) is 0.625. The van der Waals surface area contributed by atoms with Crippen LogP contribution >= 0.6 is 0 Å². The molecule has 0 radical (unpaired) electrons. The summed E-state index contributed by atoms with van der Waals surface area (Å²) in [6.07, 6.45) is 3.71. The van der Waals surface area contributed by atoms with Crippen LogP contribution in [0, 0.1) is 5.82 Å². The van der Waals surface area contributed by atoms with Crippen molar-refractivity contribution in [2.75, 3.05) is 26.4 Å². The zero-order valence-electron chi connectivity index (χ0n) is 11.7. The lowest BCUT2D eigenvalue weighted by molar-refractivity contribution is -0.108. The van der Waals surface area contributed by atoms with Gasteiger partial charge in [0, 0.05) is 25.0 Å². The van der Waals surface area contributed by atoms with E-state index in [4.69, 9.17) is 15.2 Å². The summed E-state index contributed by atoms with van der Waals surface area (Å²) in [6, 6.07) is 6.89. The van der Waals surface area contributed by atoms with E-state index in [9.17, 15) is 4.39 Å². The smallest absolute Gasteiger partial charge is 0.123 e. The maximum absolute atomic E-state index is 13.2. The molecule has 3 rings (SSSR count). The van der Waals surface area contributed by atoms with Crippen LogP contribution in [-0.2, 0) is 14.9 Å². The summed E-state index contributed by atoms with van der Waals surface area (Å²) in [5.41, 5.74) is 6.86. The summed E-state index contributed by atoms with van der Waals surface area (Å²) in [5.74, 6) is -0.192. The Hall–Kier alpha value is -0.970. The Balaban J connectivity index is 1.92. The van der Waals surface area contributed by atoms with Gasteiger partial charge in [-0.25, -0.2) is 4.39 Å². The third-order valence-electron chi connectivity index (χ3n) is 4.80. The second-order valence-corrected chi connectivity index (χ2v) is 6.09. The van der Waals surface area contributed by atoms with Gasteiger partial charge >= 0.3 is 0 Å². The lowest BCUT2D eigenvalue weighted by Gasteiger charge is -2.46. The number of hydrogen-bond donors (Lipinski definition) is 1. The molecular weight excluding hydrogens is 257 g/mol. The Morgan fingerprint density at radius 2 is 1.95 bits per heavy atom. The van der Waals surface area contributed by atoms with Gasteiger partial charge < -0.3 is 15.2 Å². The number of hydrogen-bond acceptors (Lipinski definition) is 3. The first-order valence-corrected chi connectivity index (χ1v) is 7.36. The summed E-state index contributed by atoms with van der Waals surface area (Å²) >= 11 is 0. The summed E-state index contributed by atoms with van der Waals surface area (Å²) in [7, 11) is 0. The third kappa shape index (κ3) is 2.48. The molecule has 1 spiro atoms. The first-order valence-electron chi connectivity index (χ1n) is 7.36. The molecule has 0 amide bonds. The highest BCUT2D eigenvalue weighted by Crippen LogP contribution is 2.46. The van der Waals surface area contributed by atoms with Crippen molar-refractivity contribution in [2.24, 2.45) is 5.73 Å². The van der Waals surface area contributed by atoms with Crippen LogP contribution in [0.4, 0.5) is 4.39 Å². The number of rotatable bonds is 3. The molecule has 2 aliphatic heterocycles. The molecule has 2 fully saturated rings. The summed E-state index contributed by atoms with van der Waals surface area (Å²) in [6.45, 7) is 2.79. The standard InChI is InChI=1S/C16H22FNO2/c17-14-3-1-13(2-4-14)15(5-8-18)6-10-20-16(11-15)7-9-19-12-16/h1-4H,5-12,18H2. The Labute approximate surface area is 119 Å². The van der Waals surface area contributed by atoms with E-state index in [2.05, 4.69) is 0 Å². The van der Waals surface area contributed by atoms with E-state index in [1.165, 1.54) is 5.56 Å². The van der Waals surface area contributed by atoms with Crippen molar-refractivity contribution in [3.63, 3.8) is 0 Å². The monoisotopic (exact) mass is 279 g/mol. The van der Waals surface area contributed by atoms with Gasteiger partial charge in [-0.2, -0.15) is 0 Å². The van der Waals surface area contributed by atoms with Gasteiger partial charge in [0.2, 0.25) is 0 Å². The van der Waals surface area contributed by atoms with E-state index in [1.807, 2.05) is 12.1 Å². The van der Waals surface area contributed by atoms with E-state index in [-0.39, 0.29) is 16.8 Å². The summed E-state index contributed by atoms with van der Waals surface area (Å²) in [4.78, 5) is 0. The van der Waals surface area contributed by atoms with Crippen LogP contribution in [0.15, 0.2) is 24.3 Å². The molecule has 2 N–H and O–H groups in total. The molecule has 0 aliphatic carbocycles. The van der Waals surface area contributed by atoms with Crippen molar-refractivity contribution in [2.45, 2.75) is 36.7 Å². The van der Waals surface area contributed by atoms with E-state index in [0.29, 0.717) is 13.2 Å². The van der Waals surface area contributed by atoms with E-state index >= 15 is 0 Å². The lowest BCUT2D eigenvalue weighted by Crippen LogP contribution is -2.48. The predicted molar refractivity (Wildman–Crippen MR) is 75.1 cm³/mol. The second kappa shape index (κ2) is 5.43. The van der Waals surface area contributed by atoms with Crippen LogP contribution in [0.5, 0.6) is 0 Å². The Kier molecular flexibility index (Phi) is 3.80. The maximum atomic E-state index is 13.2. The molecule has 2 unspecified atom stereocenters. The van der Waals surface area contributed by atoms with Gasteiger partial charge in [0.25, 0.3) is 0 Å². The van der Waals surface area contributed by atoms with Crippen LogP contribution in [0.3, 0.4) is 0 Å². The molecule has 110 valence electrons. The van der Waals surface area contributed by atoms with Gasteiger partial charge in [-0.1, -0.05) is 12.1 Å². The Bertz CT molecular complexity index is 452. The summed E-state index contributed by atoms with van der Waals surface area (Å²) < 4.78 is 24.8. The molecule has 2 heterocycles. The van der Waals surface area contributed by atoms with Gasteiger partial charge in [0.15, 0.2) is 0 Å². The Morgan fingerprint density at radius 3 is 2.60 bits per heavy atom. The average Bonchev–Trinajstić information content (AvgIpc) is 2.87. The van der Waals surface area contributed by atoms with E-state index in [0.717, 1.165) is 38.9 Å². The fourth-order valence-corrected chi connectivity index (χ4v) is 3.74. The van der Waals surface area contributed by atoms with Crippen molar-refractivity contribution in [3.05, 3.63) is 35.6 Å². The number of benzene rings is 1. The van der Waals surface area contributed by atoms with Crippen molar-refractivity contribution >= 4 is 0 Å². The van der Waals surface area contributed by atoms with Crippen molar-refractivity contribution < 1.29 is 13.9 Å². The molecule has 0 saturated carbocycles. The number of halogens is 1.